The number of carbonyl (C=O) groups excluding carboxylic acids is 1. The van der Waals surface area contributed by atoms with E-state index in [0.29, 0.717) is 0 Å². The van der Waals surface area contributed by atoms with Crippen LogP contribution in [-0.2, 0) is 4.74 Å². The average molecular weight is 256 g/mol. The molecule has 1 rings (SSSR count). The Kier molecular flexibility index (Phi) is 3.74. The molecule has 0 aromatic rings. The number of nitrogens with two attached hydrogens (primary N) is 1. The molecule has 1 aliphatic rings. The Morgan fingerprint density at radius 1 is 1.28 bits per heavy atom. The monoisotopic (exact) mass is 256 g/mol. The summed E-state index contributed by atoms with van der Waals surface area (Å²) < 4.78 is 5.40. The molecule has 1 unspecified atom stereocenters. The van der Waals surface area contributed by atoms with Crippen molar-refractivity contribution in [2.45, 2.75) is 71.6 Å². The van der Waals surface area contributed by atoms with Crippen molar-refractivity contribution in [2.75, 3.05) is 7.05 Å². The molecule has 1 fully saturated rings. The Bertz CT molecular complexity index is 322. The van der Waals surface area contributed by atoms with E-state index in [-0.39, 0.29) is 23.1 Å². The molecule has 0 aromatic carbocycles. The fraction of sp³-hybridized carbons (Fsp3) is 0.929. The quantitative estimate of drug-likeness (QED) is 0.844. The fourth-order valence-corrected chi connectivity index (χ4v) is 2.60. The summed E-state index contributed by atoms with van der Waals surface area (Å²) in [5.74, 6) is 0. The van der Waals surface area contributed by atoms with Gasteiger partial charge in [0.25, 0.3) is 0 Å². The van der Waals surface area contributed by atoms with Crippen molar-refractivity contribution < 1.29 is 9.53 Å². The minimum atomic E-state index is -0.458. The number of amides is 1. The van der Waals surface area contributed by atoms with Gasteiger partial charge in [0.15, 0.2) is 0 Å². The van der Waals surface area contributed by atoms with Crippen LogP contribution in [0.3, 0.4) is 0 Å². The molecule has 0 heterocycles. The molecule has 0 spiro atoms. The van der Waals surface area contributed by atoms with Crippen LogP contribution >= 0.6 is 0 Å². The summed E-state index contributed by atoms with van der Waals surface area (Å²) >= 11 is 0. The Balaban J connectivity index is 2.74. The lowest BCUT2D eigenvalue weighted by Crippen LogP contribution is -2.54. The van der Waals surface area contributed by atoms with Crippen molar-refractivity contribution in [3.05, 3.63) is 0 Å². The van der Waals surface area contributed by atoms with Crippen molar-refractivity contribution >= 4 is 6.09 Å². The highest BCUT2D eigenvalue weighted by atomic mass is 16.6. The summed E-state index contributed by atoms with van der Waals surface area (Å²) in [6.45, 7) is 11.8. The van der Waals surface area contributed by atoms with Gasteiger partial charge in [0.05, 0.1) is 0 Å². The molecule has 0 radical (unpaired) electrons. The second kappa shape index (κ2) is 4.41. The largest absolute Gasteiger partial charge is 0.444 e. The van der Waals surface area contributed by atoms with E-state index in [2.05, 4.69) is 6.92 Å². The molecule has 4 nitrogen and oxygen atoms in total. The predicted octanol–water partition coefficient (Wildman–Crippen LogP) is 2.76. The van der Waals surface area contributed by atoms with Crippen LogP contribution in [0.25, 0.3) is 0 Å². The highest BCUT2D eigenvalue weighted by Gasteiger charge is 2.57. The molecule has 0 saturated heterocycles. The molecule has 0 bridgehead atoms. The van der Waals surface area contributed by atoms with Crippen LogP contribution in [0, 0.1) is 5.41 Å². The van der Waals surface area contributed by atoms with Gasteiger partial charge in [-0.05, 0) is 54.4 Å². The van der Waals surface area contributed by atoms with Crippen LogP contribution in [-0.4, -0.2) is 35.2 Å². The summed E-state index contributed by atoms with van der Waals surface area (Å²) in [6, 6.07) is 0.0901. The number of nitrogens with zero attached hydrogens (tertiary/aromatic N) is 1. The van der Waals surface area contributed by atoms with Gasteiger partial charge in [-0.15, -0.1) is 0 Å². The third-order valence-electron chi connectivity index (χ3n) is 4.13. The highest BCUT2D eigenvalue weighted by Crippen LogP contribution is 2.56. The first-order valence-corrected chi connectivity index (χ1v) is 6.65. The SMILES string of the molecule is CC(N(C)C(=O)OC(C)(C)C)C1(C(C)(C)N)CC1. The Labute approximate surface area is 111 Å². The summed E-state index contributed by atoms with van der Waals surface area (Å²) in [5.41, 5.74) is 5.56. The van der Waals surface area contributed by atoms with E-state index >= 15 is 0 Å². The van der Waals surface area contributed by atoms with Gasteiger partial charge in [-0.1, -0.05) is 0 Å². The van der Waals surface area contributed by atoms with Gasteiger partial charge in [0.1, 0.15) is 5.60 Å². The van der Waals surface area contributed by atoms with Crippen LogP contribution < -0.4 is 5.73 Å². The lowest BCUT2D eigenvalue weighted by atomic mass is 9.79. The topological polar surface area (TPSA) is 55.6 Å². The first-order chi connectivity index (χ1) is 7.91. The van der Waals surface area contributed by atoms with Crippen LogP contribution in [0.5, 0.6) is 0 Å². The van der Waals surface area contributed by atoms with Gasteiger partial charge in [-0.25, -0.2) is 4.79 Å². The van der Waals surface area contributed by atoms with Crippen LogP contribution in [0.1, 0.15) is 54.4 Å². The first-order valence-electron chi connectivity index (χ1n) is 6.65. The van der Waals surface area contributed by atoms with E-state index in [4.69, 9.17) is 10.5 Å². The van der Waals surface area contributed by atoms with Crippen LogP contribution in [0.15, 0.2) is 0 Å². The summed E-state index contributed by atoms with van der Waals surface area (Å²) in [6.07, 6.45) is 1.88. The molecule has 1 amide bonds. The van der Waals surface area contributed by atoms with E-state index in [1.807, 2.05) is 34.6 Å². The molecule has 2 N–H and O–H groups in total. The number of rotatable bonds is 3. The number of hydrogen-bond acceptors (Lipinski definition) is 3. The maximum absolute atomic E-state index is 12.1. The fourth-order valence-electron chi connectivity index (χ4n) is 2.60. The minimum absolute atomic E-state index is 0.0264. The Morgan fingerprint density at radius 3 is 2.00 bits per heavy atom. The summed E-state index contributed by atoms with van der Waals surface area (Å²) in [7, 11) is 1.80. The number of hydrogen-bond donors (Lipinski definition) is 1. The normalized spacial score (nSPS) is 20.2. The second-order valence-corrected chi connectivity index (χ2v) is 7.15. The third-order valence-corrected chi connectivity index (χ3v) is 4.13. The molecule has 1 aliphatic carbocycles. The molecule has 1 saturated carbocycles. The van der Waals surface area contributed by atoms with Crippen molar-refractivity contribution in [1.29, 1.82) is 0 Å². The predicted molar refractivity (Wildman–Crippen MR) is 73.4 cm³/mol. The Hall–Kier alpha value is -0.770. The highest BCUT2D eigenvalue weighted by molar-refractivity contribution is 5.68. The van der Waals surface area contributed by atoms with Gasteiger partial charge < -0.3 is 15.4 Å². The van der Waals surface area contributed by atoms with E-state index in [1.165, 1.54) is 0 Å². The van der Waals surface area contributed by atoms with Crippen molar-refractivity contribution in [3.8, 4) is 0 Å². The van der Waals surface area contributed by atoms with E-state index in [0.717, 1.165) is 12.8 Å². The van der Waals surface area contributed by atoms with E-state index in [1.54, 1.807) is 11.9 Å². The van der Waals surface area contributed by atoms with Crippen molar-refractivity contribution in [1.82, 2.24) is 4.90 Å². The molecular formula is C14H28N2O2. The van der Waals surface area contributed by atoms with Gasteiger partial charge in [-0.3, -0.25) is 0 Å². The molecule has 4 heteroatoms. The van der Waals surface area contributed by atoms with E-state index < -0.39 is 5.60 Å². The second-order valence-electron chi connectivity index (χ2n) is 7.15. The average Bonchev–Trinajstić information content (AvgIpc) is 2.91. The maximum atomic E-state index is 12.1. The van der Waals surface area contributed by atoms with Crippen LogP contribution in [0.4, 0.5) is 4.79 Å². The smallest absolute Gasteiger partial charge is 0.410 e. The standard InChI is InChI=1S/C14H28N2O2/c1-10(14(8-9-14)13(5,6)15)16(7)11(17)18-12(2,3)4/h10H,8-9,15H2,1-7H3. The molecular weight excluding hydrogens is 228 g/mol. The molecule has 0 aliphatic heterocycles. The lowest BCUT2D eigenvalue weighted by Gasteiger charge is -2.40. The first kappa shape index (κ1) is 15.3. The molecule has 106 valence electrons. The van der Waals surface area contributed by atoms with Crippen molar-refractivity contribution in [2.24, 2.45) is 11.1 Å². The van der Waals surface area contributed by atoms with Crippen molar-refractivity contribution in [3.63, 3.8) is 0 Å². The molecule has 0 aromatic heterocycles. The maximum Gasteiger partial charge on any atom is 0.410 e. The zero-order valence-corrected chi connectivity index (χ0v) is 12.8. The third kappa shape index (κ3) is 2.97. The van der Waals surface area contributed by atoms with Crippen LogP contribution in [0.2, 0.25) is 0 Å². The van der Waals surface area contributed by atoms with Gasteiger partial charge in [0, 0.05) is 24.0 Å². The van der Waals surface area contributed by atoms with E-state index in [9.17, 15) is 4.79 Å². The lowest BCUT2D eigenvalue weighted by molar-refractivity contribution is 0.0117. The molecule has 1 atom stereocenters. The van der Waals surface area contributed by atoms with Gasteiger partial charge in [-0.2, -0.15) is 0 Å². The Morgan fingerprint density at radius 2 is 1.72 bits per heavy atom. The molecule has 18 heavy (non-hydrogen) atoms. The van der Waals surface area contributed by atoms with Gasteiger partial charge >= 0.3 is 6.09 Å². The number of ether oxygens (including phenoxy) is 1. The zero-order valence-electron chi connectivity index (χ0n) is 12.8. The number of carbonyl (C=O) groups is 1. The van der Waals surface area contributed by atoms with Gasteiger partial charge in [0.2, 0.25) is 0 Å². The summed E-state index contributed by atoms with van der Waals surface area (Å²) in [4.78, 5) is 13.8. The summed E-state index contributed by atoms with van der Waals surface area (Å²) in [5, 5.41) is 0. The minimum Gasteiger partial charge on any atom is -0.444 e. The zero-order chi connectivity index (χ0) is 14.4.